The number of rotatable bonds is 4. The second-order valence-electron chi connectivity index (χ2n) is 6.16. The van der Waals surface area contributed by atoms with Crippen LogP contribution in [-0.4, -0.2) is 28.0 Å². The summed E-state index contributed by atoms with van der Waals surface area (Å²) in [6.07, 6.45) is 3.48. The molecule has 6 heteroatoms. The van der Waals surface area contributed by atoms with Crippen LogP contribution in [0, 0.1) is 0 Å². The van der Waals surface area contributed by atoms with Gasteiger partial charge in [0.05, 0.1) is 6.04 Å². The predicted octanol–water partition coefficient (Wildman–Crippen LogP) is 2.24. The monoisotopic (exact) mass is 314 g/mol. The Morgan fingerprint density at radius 3 is 2.96 bits per heavy atom. The molecule has 1 N–H and O–H groups in total. The number of hydrogen-bond donors (Lipinski definition) is 1. The molecule has 1 aromatic heterocycles. The summed E-state index contributed by atoms with van der Waals surface area (Å²) in [5.74, 6) is 3.83. The highest BCUT2D eigenvalue weighted by atomic mass is 16.6. The number of aryl methyl sites for hydroxylation is 1. The van der Waals surface area contributed by atoms with Crippen LogP contribution in [0.3, 0.4) is 0 Å². The predicted molar refractivity (Wildman–Crippen MR) is 85.6 cm³/mol. The molecule has 2 aliphatic rings. The van der Waals surface area contributed by atoms with E-state index in [1.807, 2.05) is 12.1 Å². The molecule has 0 saturated heterocycles. The first-order valence-corrected chi connectivity index (χ1v) is 8.35. The zero-order valence-corrected chi connectivity index (χ0v) is 13.4. The van der Waals surface area contributed by atoms with Gasteiger partial charge in [0.25, 0.3) is 0 Å². The normalized spacial score (nSPS) is 17.6. The minimum Gasteiger partial charge on any atom is -0.486 e. The van der Waals surface area contributed by atoms with Crippen LogP contribution in [-0.2, 0) is 19.5 Å². The Bertz CT molecular complexity index is 698. The van der Waals surface area contributed by atoms with Crippen molar-refractivity contribution in [3.05, 3.63) is 35.4 Å². The maximum absolute atomic E-state index is 5.64. The van der Waals surface area contributed by atoms with E-state index in [1.165, 1.54) is 18.4 Å². The van der Waals surface area contributed by atoms with Gasteiger partial charge in [0.15, 0.2) is 11.5 Å². The van der Waals surface area contributed by atoms with Crippen LogP contribution in [0.25, 0.3) is 0 Å². The van der Waals surface area contributed by atoms with Crippen molar-refractivity contribution in [3.8, 4) is 11.5 Å². The number of nitrogens with one attached hydrogen (secondary N) is 1. The van der Waals surface area contributed by atoms with Crippen molar-refractivity contribution in [2.24, 2.45) is 0 Å². The van der Waals surface area contributed by atoms with Crippen molar-refractivity contribution >= 4 is 0 Å². The SMILES string of the molecule is CC(NCc1ccc2c(c1)OCCO2)c1nnc2n1CCCC2. The summed E-state index contributed by atoms with van der Waals surface area (Å²) in [5.41, 5.74) is 1.18. The highest BCUT2D eigenvalue weighted by Gasteiger charge is 2.20. The Kier molecular flexibility index (Phi) is 3.91. The van der Waals surface area contributed by atoms with E-state index in [2.05, 4.69) is 33.1 Å². The van der Waals surface area contributed by atoms with Gasteiger partial charge >= 0.3 is 0 Å². The average molecular weight is 314 g/mol. The smallest absolute Gasteiger partial charge is 0.161 e. The lowest BCUT2D eigenvalue weighted by Crippen LogP contribution is -2.23. The molecule has 1 unspecified atom stereocenters. The molecule has 6 nitrogen and oxygen atoms in total. The van der Waals surface area contributed by atoms with E-state index in [0.29, 0.717) is 13.2 Å². The molecule has 0 aliphatic carbocycles. The first-order chi connectivity index (χ1) is 11.3. The Balaban J connectivity index is 1.43. The minimum atomic E-state index is 0.169. The maximum Gasteiger partial charge on any atom is 0.161 e. The fourth-order valence-electron chi connectivity index (χ4n) is 3.21. The van der Waals surface area contributed by atoms with Gasteiger partial charge in [-0.3, -0.25) is 0 Å². The summed E-state index contributed by atoms with van der Waals surface area (Å²) in [6.45, 7) is 5.18. The van der Waals surface area contributed by atoms with E-state index in [1.54, 1.807) is 0 Å². The van der Waals surface area contributed by atoms with Gasteiger partial charge in [-0.15, -0.1) is 10.2 Å². The Labute approximate surface area is 135 Å². The second-order valence-corrected chi connectivity index (χ2v) is 6.16. The molecule has 0 bridgehead atoms. The number of aromatic nitrogens is 3. The first kappa shape index (κ1) is 14.5. The van der Waals surface area contributed by atoms with E-state index >= 15 is 0 Å². The maximum atomic E-state index is 5.64. The van der Waals surface area contributed by atoms with Gasteiger partial charge in [-0.05, 0) is 37.5 Å². The molecule has 4 rings (SSSR count). The molecule has 0 fully saturated rings. The summed E-state index contributed by atoms with van der Waals surface area (Å²) in [6, 6.07) is 6.28. The number of nitrogens with zero attached hydrogens (tertiary/aromatic N) is 3. The third-order valence-electron chi connectivity index (χ3n) is 4.49. The molecule has 2 aromatic rings. The van der Waals surface area contributed by atoms with Gasteiger partial charge in [0, 0.05) is 19.5 Å². The molecule has 1 aromatic carbocycles. The first-order valence-electron chi connectivity index (χ1n) is 8.35. The highest BCUT2D eigenvalue weighted by molar-refractivity contribution is 5.43. The average Bonchev–Trinajstić information content (AvgIpc) is 3.03. The van der Waals surface area contributed by atoms with E-state index in [4.69, 9.17) is 9.47 Å². The van der Waals surface area contributed by atoms with Gasteiger partial charge in [-0.25, -0.2) is 0 Å². The molecule has 0 radical (unpaired) electrons. The van der Waals surface area contributed by atoms with E-state index in [9.17, 15) is 0 Å². The third kappa shape index (κ3) is 2.91. The van der Waals surface area contributed by atoms with Gasteiger partial charge in [0.1, 0.15) is 24.9 Å². The van der Waals surface area contributed by atoms with Crippen LogP contribution in [0.1, 0.15) is 43.0 Å². The van der Waals surface area contributed by atoms with Crippen LogP contribution in [0.15, 0.2) is 18.2 Å². The van der Waals surface area contributed by atoms with Crippen LogP contribution < -0.4 is 14.8 Å². The van der Waals surface area contributed by atoms with E-state index in [0.717, 1.165) is 42.7 Å². The lowest BCUT2D eigenvalue weighted by atomic mass is 10.1. The van der Waals surface area contributed by atoms with E-state index in [-0.39, 0.29) is 6.04 Å². The summed E-state index contributed by atoms with van der Waals surface area (Å²) >= 11 is 0. The molecule has 122 valence electrons. The van der Waals surface area contributed by atoms with Crippen molar-refractivity contribution in [1.29, 1.82) is 0 Å². The second kappa shape index (κ2) is 6.20. The van der Waals surface area contributed by atoms with Crippen LogP contribution >= 0.6 is 0 Å². The minimum absolute atomic E-state index is 0.169. The van der Waals surface area contributed by atoms with Crippen molar-refractivity contribution in [3.63, 3.8) is 0 Å². The van der Waals surface area contributed by atoms with E-state index < -0.39 is 0 Å². The van der Waals surface area contributed by atoms with Crippen LogP contribution in [0.2, 0.25) is 0 Å². The molecule has 23 heavy (non-hydrogen) atoms. The number of fused-ring (bicyclic) bond motifs is 2. The zero-order chi connectivity index (χ0) is 15.6. The molecular formula is C17H22N4O2. The Morgan fingerprint density at radius 1 is 1.17 bits per heavy atom. The molecular weight excluding hydrogens is 292 g/mol. The lowest BCUT2D eigenvalue weighted by molar-refractivity contribution is 0.171. The topological polar surface area (TPSA) is 61.2 Å². The zero-order valence-electron chi connectivity index (χ0n) is 13.4. The van der Waals surface area contributed by atoms with Crippen LogP contribution in [0.5, 0.6) is 11.5 Å². The summed E-state index contributed by atoms with van der Waals surface area (Å²) in [4.78, 5) is 0. The molecule has 0 amide bonds. The Morgan fingerprint density at radius 2 is 2.04 bits per heavy atom. The molecule has 3 heterocycles. The Hall–Kier alpha value is -2.08. The number of ether oxygens (including phenoxy) is 2. The molecule has 0 spiro atoms. The van der Waals surface area contributed by atoms with Gasteiger partial charge in [-0.2, -0.15) is 0 Å². The van der Waals surface area contributed by atoms with Crippen molar-refractivity contribution in [2.75, 3.05) is 13.2 Å². The van der Waals surface area contributed by atoms with Crippen molar-refractivity contribution < 1.29 is 9.47 Å². The largest absolute Gasteiger partial charge is 0.486 e. The van der Waals surface area contributed by atoms with Gasteiger partial charge in [0.2, 0.25) is 0 Å². The number of hydrogen-bond acceptors (Lipinski definition) is 5. The highest BCUT2D eigenvalue weighted by Crippen LogP contribution is 2.30. The third-order valence-corrected chi connectivity index (χ3v) is 4.49. The summed E-state index contributed by atoms with van der Waals surface area (Å²) in [5, 5.41) is 12.3. The molecule has 1 atom stereocenters. The van der Waals surface area contributed by atoms with Gasteiger partial charge < -0.3 is 19.4 Å². The fourth-order valence-corrected chi connectivity index (χ4v) is 3.21. The molecule has 2 aliphatic heterocycles. The van der Waals surface area contributed by atoms with Crippen molar-refractivity contribution in [2.45, 2.75) is 45.3 Å². The van der Waals surface area contributed by atoms with Crippen molar-refractivity contribution in [1.82, 2.24) is 20.1 Å². The lowest BCUT2D eigenvalue weighted by Gasteiger charge is -2.20. The fraction of sp³-hybridized carbons (Fsp3) is 0.529. The number of benzene rings is 1. The summed E-state index contributed by atoms with van der Waals surface area (Å²) in [7, 11) is 0. The van der Waals surface area contributed by atoms with Gasteiger partial charge in [-0.1, -0.05) is 6.07 Å². The quantitative estimate of drug-likeness (QED) is 0.938. The standard InChI is InChI=1S/C17H22N4O2/c1-12(17-20-19-16-4-2-3-7-21(16)17)18-11-13-5-6-14-15(10-13)23-9-8-22-14/h5-6,10,12,18H,2-4,7-9,11H2,1H3. The molecule has 0 saturated carbocycles. The van der Waals surface area contributed by atoms with Crippen LogP contribution in [0.4, 0.5) is 0 Å². The summed E-state index contributed by atoms with van der Waals surface area (Å²) < 4.78 is 13.5.